The molecule has 4 aromatic rings. The van der Waals surface area contributed by atoms with Gasteiger partial charge < -0.3 is 10.3 Å². The molecule has 118 valence electrons. The molecule has 0 radical (unpaired) electrons. The first-order valence-corrected chi connectivity index (χ1v) is 7.27. The van der Waals surface area contributed by atoms with Crippen molar-refractivity contribution in [2.45, 2.75) is 0 Å². The van der Waals surface area contributed by atoms with Gasteiger partial charge >= 0.3 is 0 Å². The number of hydrogen-bond acceptors (Lipinski definition) is 3. The van der Waals surface area contributed by atoms with Gasteiger partial charge in [0.15, 0.2) is 11.6 Å². The van der Waals surface area contributed by atoms with E-state index in [1.807, 2.05) is 24.3 Å². The fourth-order valence-corrected chi connectivity index (χ4v) is 2.42. The van der Waals surface area contributed by atoms with Crippen molar-refractivity contribution >= 4 is 22.8 Å². The fraction of sp³-hybridized carbons (Fsp3) is 0. The zero-order chi connectivity index (χ0) is 16.5. The Kier molecular flexibility index (Phi) is 3.31. The normalized spacial score (nSPS) is 10.9. The van der Waals surface area contributed by atoms with Gasteiger partial charge in [0.2, 0.25) is 0 Å². The molecule has 2 aromatic heterocycles. The summed E-state index contributed by atoms with van der Waals surface area (Å²) in [5.74, 6) is -0.243. The summed E-state index contributed by atoms with van der Waals surface area (Å²) in [6.07, 6.45) is 0. The highest BCUT2D eigenvalue weighted by molar-refractivity contribution is 6.04. The molecular weight excluding hydrogens is 309 g/mol. The number of aromatic nitrogens is 4. The van der Waals surface area contributed by atoms with Crippen LogP contribution in [0.25, 0.3) is 22.6 Å². The van der Waals surface area contributed by atoms with Crippen LogP contribution in [0.15, 0.2) is 54.6 Å². The lowest BCUT2D eigenvalue weighted by Gasteiger charge is -2.02. The predicted octanol–water partition coefficient (Wildman–Crippen LogP) is 3.34. The minimum atomic E-state index is -0.581. The Labute approximate surface area is 135 Å². The van der Waals surface area contributed by atoms with Crippen LogP contribution in [0, 0.1) is 5.82 Å². The molecule has 0 spiro atoms. The van der Waals surface area contributed by atoms with Crippen LogP contribution in [-0.2, 0) is 0 Å². The van der Waals surface area contributed by atoms with Crippen LogP contribution in [0.1, 0.15) is 10.4 Å². The molecule has 0 aliphatic carbocycles. The van der Waals surface area contributed by atoms with Crippen molar-refractivity contribution in [2.75, 3.05) is 5.32 Å². The summed E-state index contributed by atoms with van der Waals surface area (Å²) < 4.78 is 13.6. The number of imidazole rings is 1. The van der Waals surface area contributed by atoms with E-state index in [0.29, 0.717) is 17.3 Å². The number of hydrogen-bond donors (Lipinski definition) is 3. The molecule has 0 saturated heterocycles. The number of carbonyl (C=O) groups excluding carboxylic acids is 1. The Hall–Kier alpha value is -3.48. The number of rotatable bonds is 3. The van der Waals surface area contributed by atoms with Gasteiger partial charge in [0.1, 0.15) is 11.5 Å². The topological polar surface area (TPSA) is 86.5 Å². The van der Waals surface area contributed by atoms with E-state index in [1.54, 1.807) is 12.1 Å². The molecule has 1 amide bonds. The molecule has 4 rings (SSSR count). The van der Waals surface area contributed by atoms with Gasteiger partial charge in [0.05, 0.1) is 16.6 Å². The largest absolute Gasteiger partial charge is 0.337 e. The highest BCUT2D eigenvalue weighted by Crippen LogP contribution is 2.21. The van der Waals surface area contributed by atoms with Crippen molar-refractivity contribution < 1.29 is 9.18 Å². The van der Waals surface area contributed by atoms with Crippen LogP contribution in [0.3, 0.4) is 0 Å². The second-order valence-corrected chi connectivity index (χ2v) is 5.20. The summed E-state index contributed by atoms with van der Waals surface area (Å²) in [5.41, 5.74) is 2.32. The molecular formula is C17H12FN5O. The van der Waals surface area contributed by atoms with Crippen molar-refractivity contribution in [3.63, 3.8) is 0 Å². The van der Waals surface area contributed by atoms with Crippen LogP contribution in [0.4, 0.5) is 10.2 Å². The van der Waals surface area contributed by atoms with Gasteiger partial charge in [-0.3, -0.25) is 9.89 Å². The lowest BCUT2D eigenvalue weighted by atomic mass is 10.2. The Balaban J connectivity index is 1.58. The quantitative estimate of drug-likeness (QED) is 0.541. The SMILES string of the molecule is O=C(Nc1cc(-c2nc3ccccc3[nH]2)[nH]n1)c1ccccc1F. The standard InChI is InChI=1S/C17H12FN5O/c18-11-6-2-1-5-10(11)17(24)21-15-9-14(22-23-15)16-19-12-7-3-4-8-13(12)20-16/h1-9H,(H,19,20)(H2,21,22,23,24). The zero-order valence-corrected chi connectivity index (χ0v) is 12.4. The van der Waals surface area contributed by atoms with Gasteiger partial charge in [-0.05, 0) is 24.3 Å². The number of halogens is 1. The third kappa shape index (κ3) is 2.52. The maximum absolute atomic E-state index is 13.6. The molecule has 24 heavy (non-hydrogen) atoms. The number of anilines is 1. The average molecular weight is 321 g/mol. The third-order valence-electron chi connectivity index (χ3n) is 3.58. The number of para-hydroxylation sites is 2. The molecule has 0 atom stereocenters. The fourth-order valence-electron chi connectivity index (χ4n) is 2.42. The molecule has 0 aliphatic rings. The van der Waals surface area contributed by atoms with E-state index >= 15 is 0 Å². The molecule has 0 saturated carbocycles. The molecule has 0 bridgehead atoms. The van der Waals surface area contributed by atoms with E-state index in [1.165, 1.54) is 18.2 Å². The number of nitrogens with one attached hydrogen (secondary N) is 3. The number of nitrogens with zero attached hydrogens (tertiary/aromatic N) is 2. The number of amides is 1. The minimum Gasteiger partial charge on any atom is -0.337 e. The van der Waals surface area contributed by atoms with Gasteiger partial charge in [-0.2, -0.15) is 5.10 Å². The molecule has 7 heteroatoms. The molecule has 6 nitrogen and oxygen atoms in total. The summed E-state index contributed by atoms with van der Waals surface area (Å²) >= 11 is 0. The second-order valence-electron chi connectivity index (χ2n) is 5.20. The maximum atomic E-state index is 13.6. The van der Waals surface area contributed by atoms with Crippen LogP contribution < -0.4 is 5.32 Å². The highest BCUT2D eigenvalue weighted by atomic mass is 19.1. The Morgan fingerprint density at radius 2 is 1.88 bits per heavy atom. The number of fused-ring (bicyclic) bond motifs is 1. The number of benzene rings is 2. The van der Waals surface area contributed by atoms with E-state index < -0.39 is 11.7 Å². The smallest absolute Gasteiger partial charge is 0.259 e. The zero-order valence-electron chi connectivity index (χ0n) is 12.4. The summed E-state index contributed by atoms with van der Waals surface area (Å²) in [4.78, 5) is 19.7. The third-order valence-corrected chi connectivity index (χ3v) is 3.58. The van der Waals surface area contributed by atoms with E-state index in [-0.39, 0.29) is 5.56 Å². The minimum absolute atomic E-state index is 0.0363. The Morgan fingerprint density at radius 1 is 1.08 bits per heavy atom. The van der Waals surface area contributed by atoms with E-state index in [2.05, 4.69) is 25.5 Å². The monoisotopic (exact) mass is 321 g/mol. The number of H-pyrrole nitrogens is 2. The van der Waals surface area contributed by atoms with E-state index in [9.17, 15) is 9.18 Å². The Morgan fingerprint density at radius 3 is 2.71 bits per heavy atom. The maximum Gasteiger partial charge on any atom is 0.259 e. The molecule has 2 aromatic carbocycles. The van der Waals surface area contributed by atoms with Gasteiger partial charge in [-0.25, -0.2) is 9.37 Å². The van der Waals surface area contributed by atoms with E-state index in [0.717, 1.165) is 11.0 Å². The van der Waals surface area contributed by atoms with Gasteiger partial charge in [-0.1, -0.05) is 24.3 Å². The molecule has 3 N–H and O–H groups in total. The number of aromatic amines is 2. The number of carbonyl (C=O) groups is 1. The van der Waals surface area contributed by atoms with Crippen molar-refractivity contribution in [1.82, 2.24) is 20.2 Å². The molecule has 2 heterocycles. The lowest BCUT2D eigenvalue weighted by Crippen LogP contribution is -2.13. The van der Waals surface area contributed by atoms with Crippen molar-refractivity contribution in [2.24, 2.45) is 0 Å². The Bertz CT molecular complexity index is 1000. The molecule has 0 unspecified atom stereocenters. The summed E-state index contributed by atoms with van der Waals surface area (Å²) in [7, 11) is 0. The van der Waals surface area contributed by atoms with Crippen molar-refractivity contribution in [3.8, 4) is 11.5 Å². The van der Waals surface area contributed by atoms with Crippen LogP contribution in [0.5, 0.6) is 0 Å². The van der Waals surface area contributed by atoms with Gasteiger partial charge in [0, 0.05) is 6.07 Å². The van der Waals surface area contributed by atoms with E-state index in [4.69, 9.17) is 0 Å². The van der Waals surface area contributed by atoms with Crippen LogP contribution in [-0.4, -0.2) is 26.1 Å². The van der Waals surface area contributed by atoms with Crippen LogP contribution >= 0.6 is 0 Å². The first-order chi connectivity index (χ1) is 11.7. The van der Waals surface area contributed by atoms with Gasteiger partial charge in [0.25, 0.3) is 5.91 Å². The summed E-state index contributed by atoms with van der Waals surface area (Å²) in [5, 5.41) is 9.38. The summed E-state index contributed by atoms with van der Waals surface area (Å²) in [6, 6.07) is 15.0. The molecule has 0 aliphatic heterocycles. The van der Waals surface area contributed by atoms with Crippen LogP contribution in [0.2, 0.25) is 0 Å². The average Bonchev–Trinajstić information content (AvgIpc) is 3.21. The van der Waals surface area contributed by atoms with Gasteiger partial charge in [-0.15, -0.1) is 0 Å². The van der Waals surface area contributed by atoms with Crippen molar-refractivity contribution in [1.29, 1.82) is 0 Å². The first kappa shape index (κ1) is 14.1. The lowest BCUT2D eigenvalue weighted by molar-refractivity contribution is 0.102. The van der Waals surface area contributed by atoms with Crippen molar-refractivity contribution in [3.05, 3.63) is 66.0 Å². The predicted molar refractivity (Wildman–Crippen MR) is 88.0 cm³/mol. The highest BCUT2D eigenvalue weighted by Gasteiger charge is 2.14. The summed E-state index contributed by atoms with van der Waals surface area (Å²) in [6.45, 7) is 0. The first-order valence-electron chi connectivity index (χ1n) is 7.27. The second kappa shape index (κ2) is 5.62. The molecule has 0 fully saturated rings.